The maximum absolute atomic E-state index is 13.6. The Morgan fingerprint density at radius 1 is 1.05 bits per heavy atom. The third kappa shape index (κ3) is 9.72. The van der Waals surface area contributed by atoms with Gasteiger partial charge in [0.1, 0.15) is 11.9 Å². The zero-order valence-corrected chi connectivity index (χ0v) is 22.8. The Kier molecular flexibility index (Phi) is 11.9. The van der Waals surface area contributed by atoms with Gasteiger partial charge in [-0.25, -0.2) is 4.39 Å². The van der Waals surface area contributed by atoms with Gasteiger partial charge in [-0.05, 0) is 56.0 Å². The predicted octanol–water partition coefficient (Wildman–Crippen LogP) is 4.05. The van der Waals surface area contributed by atoms with E-state index >= 15 is 0 Å². The third-order valence-corrected chi connectivity index (χ3v) is 6.75. The molecule has 0 amide bonds. The fourth-order valence-corrected chi connectivity index (χ4v) is 4.49. The highest BCUT2D eigenvalue weighted by molar-refractivity contribution is 5.99. The van der Waals surface area contributed by atoms with E-state index in [0.29, 0.717) is 18.9 Å². The molecule has 1 aromatic heterocycles. The average molecular weight is 568 g/mol. The number of nitrogens with two attached hydrogens (primary N) is 2. The lowest BCUT2D eigenvalue weighted by atomic mass is 9.92. The summed E-state index contributed by atoms with van der Waals surface area (Å²) >= 11 is 0. The van der Waals surface area contributed by atoms with Crippen molar-refractivity contribution in [3.05, 3.63) is 71.7 Å². The molecule has 1 aliphatic carbocycles. The van der Waals surface area contributed by atoms with Crippen LogP contribution in [0.2, 0.25) is 0 Å². The predicted molar refractivity (Wildman–Crippen MR) is 156 cm³/mol. The SMILES string of the molecule is NCCCC[C@H](N)C(=O)O.O=C(O)C[C@H](O)C[C@H](O)/C=C/c1c(C2CC2)nc2ccccc2c1-c1ccc(F)cc1. The van der Waals surface area contributed by atoms with Gasteiger partial charge in [0.05, 0.1) is 29.8 Å². The molecule has 0 bridgehead atoms. The molecule has 0 spiro atoms. The number of unbranched alkanes of at least 4 members (excludes halogenated alkanes) is 1. The number of aliphatic carboxylic acids is 2. The second-order valence-electron chi connectivity index (χ2n) is 10.2. The standard InChI is InChI=1S/C25H24FNO4.C6H14N2O2/c26-17-9-7-15(8-10-17)24-20-3-1-2-4-22(20)27-25(16-5-6-16)21(24)12-11-18(28)13-19(29)14-23(30)31;7-4-2-1-3-5(8)6(9)10/h1-4,7-12,16,18-19,28-29H,5-6,13-14H2,(H,30,31);5H,1-4,7-8H2,(H,9,10)/b12-11+;/t18-,19-;5-/m10/s1. The molecule has 4 rings (SSSR count). The number of rotatable bonds is 13. The highest BCUT2D eigenvalue weighted by Crippen LogP contribution is 2.45. The smallest absolute Gasteiger partial charge is 0.320 e. The topological polar surface area (TPSA) is 180 Å². The largest absolute Gasteiger partial charge is 0.481 e. The molecule has 3 aromatic rings. The summed E-state index contributed by atoms with van der Waals surface area (Å²) < 4.78 is 13.6. The van der Waals surface area contributed by atoms with Crippen molar-refractivity contribution in [2.45, 2.75) is 69.1 Å². The minimum atomic E-state index is -1.13. The molecule has 8 N–H and O–H groups in total. The van der Waals surface area contributed by atoms with E-state index in [0.717, 1.165) is 59.0 Å². The van der Waals surface area contributed by atoms with Gasteiger partial charge < -0.3 is 31.9 Å². The highest BCUT2D eigenvalue weighted by atomic mass is 19.1. The number of aliphatic hydroxyl groups excluding tert-OH is 2. The first-order valence-electron chi connectivity index (χ1n) is 13.7. The Balaban J connectivity index is 0.000000397. The molecule has 0 unspecified atom stereocenters. The van der Waals surface area contributed by atoms with Gasteiger partial charge in [-0.1, -0.05) is 48.9 Å². The molecule has 0 radical (unpaired) electrons. The summed E-state index contributed by atoms with van der Waals surface area (Å²) in [4.78, 5) is 25.8. The van der Waals surface area contributed by atoms with Crippen LogP contribution >= 0.6 is 0 Å². The number of aromatic nitrogens is 1. The van der Waals surface area contributed by atoms with Crippen molar-refractivity contribution in [2.75, 3.05) is 6.54 Å². The van der Waals surface area contributed by atoms with Gasteiger partial charge in [-0.3, -0.25) is 14.6 Å². The fraction of sp³-hybridized carbons (Fsp3) is 0.387. The van der Waals surface area contributed by atoms with Crippen LogP contribution in [0.15, 0.2) is 54.6 Å². The molecule has 0 aliphatic heterocycles. The molecule has 1 heterocycles. The average Bonchev–Trinajstić information content (AvgIpc) is 3.77. The van der Waals surface area contributed by atoms with Crippen molar-refractivity contribution in [3.8, 4) is 11.1 Å². The maximum Gasteiger partial charge on any atom is 0.320 e. The summed E-state index contributed by atoms with van der Waals surface area (Å²) in [7, 11) is 0. The van der Waals surface area contributed by atoms with Crippen LogP contribution in [0, 0.1) is 5.82 Å². The molecule has 1 fully saturated rings. The highest BCUT2D eigenvalue weighted by Gasteiger charge is 2.29. The summed E-state index contributed by atoms with van der Waals surface area (Å²) in [6.45, 7) is 0.604. The van der Waals surface area contributed by atoms with Gasteiger partial charge in [-0.2, -0.15) is 0 Å². The Morgan fingerprint density at radius 3 is 2.34 bits per heavy atom. The van der Waals surface area contributed by atoms with E-state index in [-0.39, 0.29) is 12.2 Å². The zero-order chi connectivity index (χ0) is 29.9. The van der Waals surface area contributed by atoms with Crippen LogP contribution < -0.4 is 11.5 Å². The molecule has 41 heavy (non-hydrogen) atoms. The van der Waals surface area contributed by atoms with E-state index in [1.165, 1.54) is 12.1 Å². The Hall–Kier alpha value is -3.70. The number of fused-ring (bicyclic) bond motifs is 1. The maximum atomic E-state index is 13.6. The summed E-state index contributed by atoms with van der Waals surface area (Å²) in [6, 6.07) is 13.4. The summed E-state index contributed by atoms with van der Waals surface area (Å²) in [5.74, 6) is -2.03. The summed E-state index contributed by atoms with van der Waals surface area (Å²) in [6.07, 6.45) is 4.96. The molecular formula is C31H38FN3O6. The number of carbonyl (C=O) groups is 2. The lowest BCUT2D eigenvalue weighted by Crippen LogP contribution is -2.29. The Morgan fingerprint density at radius 2 is 1.73 bits per heavy atom. The molecule has 10 heteroatoms. The first-order valence-corrected chi connectivity index (χ1v) is 13.7. The number of carboxylic acid groups (broad SMARTS) is 2. The number of nitrogens with zero attached hydrogens (tertiary/aromatic N) is 1. The van der Waals surface area contributed by atoms with E-state index in [4.69, 9.17) is 26.7 Å². The molecule has 0 saturated heterocycles. The minimum absolute atomic E-state index is 0.0749. The van der Waals surface area contributed by atoms with Crippen LogP contribution in [0.1, 0.15) is 62.1 Å². The number of pyridine rings is 1. The fourth-order valence-electron chi connectivity index (χ4n) is 4.49. The molecule has 1 aliphatic rings. The number of hydrogen-bond acceptors (Lipinski definition) is 7. The quantitative estimate of drug-likeness (QED) is 0.166. The molecule has 3 atom stereocenters. The van der Waals surface area contributed by atoms with Crippen LogP contribution in [0.25, 0.3) is 28.1 Å². The second-order valence-corrected chi connectivity index (χ2v) is 10.2. The number of halogens is 1. The molecule has 1 saturated carbocycles. The van der Waals surface area contributed by atoms with Crippen molar-refractivity contribution in [2.24, 2.45) is 11.5 Å². The van der Waals surface area contributed by atoms with E-state index in [2.05, 4.69) is 0 Å². The number of carboxylic acids is 2. The number of hydrogen-bond donors (Lipinski definition) is 6. The van der Waals surface area contributed by atoms with E-state index < -0.39 is 36.6 Å². The van der Waals surface area contributed by atoms with Gasteiger partial charge in [0.25, 0.3) is 0 Å². The Labute approximate surface area is 238 Å². The third-order valence-electron chi connectivity index (χ3n) is 6.75. The van der Waals surface area contributed by atoms with Crippen LogP contribution in [-0.4, -0.2) is 62.1 Å². The monoisotopic (exact) mass is 567 g/mol. The van der Waals surface area contributed by atoms with Gasteiger partial charge in [0.2, 0.25) is 0 Å². The first kappa shape index (κ1) is 31.8. The first-order chi connectivity index (χ1) is 19.6. The minimum Gasteiger partial charge on any atom is -0.481 e. The summed E-state index contributed by atoms with van der Waals surface area (Å²) in [5, 5.41) is 38.2. The van der Waals surface area contributed by atoms with Gasteiger partial charge in [0.15, 0.2) is 0 Å². The lowest BCUT2D eigenvalue weighted by Gasteiger charge is -2.16. The van der Waals surface area contributed by atoms with Crippen molar-refractivity contribution in [3.63, 3.8) is 0 Å². The zero-order valence-electron chi connectivity index (χ0n) is 22.8. The molecule has 9 nitrogen and oxygen atoms in total. The van der Waals surface area contributed by atoms with E-state index in [9.17, 15) is 24.2 Å². The van der Waals surface area contributed by atoms with Gasteiger partial charge >= 0.3 is 11.9 Å². The van der Waals surface area contributed by atoms with Crippen LogP contribution in [0.5, 0.6) is 0 Å². The van der Waals surface area contributed by atoms with Crippen molar-refractivity contribution in [1.82, 2.24) is 4.98 Å². The van der Waals surface area contributed by atoms with Gasteiger partial charge in [-0.15, -0.1) is 0 Å². The van der Waals surface area contributed by atoms with Gasteiger partial charge in [0, 0.05) is 28.9 Å². The van der Waals surface area contributed by atoms with E-state index in [1.807, 2.05) is 24.3 Å². The summed E-state index contributed by atoms with van der Waals surface area (Å²) in [5.41, 5.74) is 14.8. The number of para-hydroxylation sites is 1. The normalized spacial score (nSPS) is 15.2. The lowest BCUT2D eigenvalue weighted by molar-refractivity contribution is -0.140. The number of benzene rings is 2. The van der Waals surface area contributed by atoms with Crippen LogP contribution in [0.3, 0.4) is 0 Å². The van der Waals surface area contributed by atoms with Crippen LogP contribution in [-0.2, 0) is 9.59 Å². The van der Waals surface area contributed by atoms with E-state index in [1.54, 1.807) is 24.3 Å². The van der Waals surface area contributed by atoms with Crippen molar-refractivity contribution in [1.29, 1.82) is 0 Å². The number of aliphatic hydroxyl groups is 2. The van der Waals surface area contributed by atoms with Crippen molar-refractivity contribution >= 4 is 28.9 Å². The van der Waals surface area contributed by atoms with Crippen LogP contribution in [0.4, 0.5) is 4.39 Å². The second kappa shape index (κ2) is 15.3. The molecular weight excluding hydrogens is 529 g/mol. The molecule has 220 valence electrons. The Bertz CT molecular complexity index is 1340. The molecule has 2 aromatic carbocycles. The van der Waals surface area contributed by atoms with Crippen molar-refractivity contribution < 1.29 is 34.4 Å².